The van der Waals surface area contributed by atoms with Gasteiger partial charge in [0, 0.05) is 25.4 Å². The van der Waals surface area contributed by atoms with E-state index < -0.39 is 29.9 Å². The van der Waals surface area contributed by atoms with Gasteiger partial charge in [-0.25, -0.2) is 9.37 Å². The van der Waals surface area contributed by atoms with E-state index in [1.54, 1.807) is 24.7 Å². The molecule has 0 saturated heterocycles. The Bertz CT molecular complexity index is 1080. The fourth-order valence-corrected chi connectivity index (χ4v) is 3.12. The smallest absolute Gasteiger partial charge is 0.406 e. The summed E-state index contributed by atoms with van der Waals surface area (Å²) in [5, 5.41) is 9.60. The Hall–Kier alpha value is -3.40. The summed E-state index contributed by atoms with van der Waals surface area (Å²) in [6.45, 7) is 1.46. The van der Waals surface area contributed by atoms with Crippen LogP contribution >= 0.6 is 0 Å². The van der Waals surface area contributed by atoms with Crippen molar-refractivity contribution in [3.63, 3.8) is 0 Å². The first kappa shape index (κ1) is 23.3. The molecule has 2 aromatic carbocycles. The summed E-state index contributed by atoms with van der Waals surface area (Å²) in [7, 11) is 1.72. The summed E-state index contributed by atoms with van der Waals surface area (Å²) in [6, 6.07) is 8.53. The lowest BCUT2D eigenvalue weighted by atomic mass is 10.0. The van der Waals surface area contributed by atoms with Gasteiger partial charge in [0.05, 0.1) is 19.0 Å². The monoisotopic (exact) mass is 451 g/mol. The van der Waals surface area contributed by atoms with Gasteiger partial charge in [0.1, 0.15) is 17.3 Å². The Morgan fingerprint density at radius 1 is 1.22 bits per heavy atom. The molecule has 1 N–H and O–H groups in total. The molecule has 1 aromatic heterocycles. The first-order valence-corrected chi connectivity index (χ1v) is 9.62. The van der Waals surface area contributed by atoms with Crippen molar-refractivity contribution in [3.05, 3.63) is 72.1 Å². The topological polar surface area (TPSA) is 67.6 Å². The van der Waals surface area contributed by atoms with Gasteiger partial charge in [-0.05, 0) is 42.3 Å². The van der Waals surface area contributed by atoms with E-state index in [0.717, 1.165) is 12.1 Å². The zero-order valence-corrected chi connectivity index (χ0v) is 17.3. The van der Waals surface area contributed by atoms with E-state index in [1.165, 1.54) is 41.6 Å². The molecular formula is C22H21F4N3O3. The van der Waals surface area contributed by atoms with E-state index in [4.69, 9.17) is 0 Å². The fraction of sp³-hybridized carbons (Fsp3) is 0.273. The molecule has 3 aromatic rings. The number of hydrogen-bond donors (Lipinski definition) is 1. The summed E-state index contributed by atoms with van der Waals surface area (Å²) in [5.41, 5.74) is 1.27. The van der Waals surface area contributed by atoms with Crippen LogP contribution in [0.5, 0.6) is 5.75 Å². The molecule has 170 valence electrons. The molecular weight excluding hydrogens is 430 g/mol. The number of imidazole rings is 1. The number of benzene rings is 2. The largest absolute Gasteiger partial charge is 0.573 e. The molecule has 1 amide bonds. The number of aromatic nitrogens is 2. The van der Waals surface area contributed by atoms with E-state index in [-0.39, 0.29) is 24.4 Å². The van der Waals surface area contributed by atoms with Gasteiger partial charge in [0.25, 0.3) is 5.91 Å². The Balaban J connectivity index is 1.87. The number of hydrogen-bond acceptors (Lipinski definition) is 4. The van der Waals surface area contributed by atoms with Crippen molar-refractivity contribution < 1.29 is 32.2 Å². The SMILES string of the molecule is CC(CO)N(Cc1ccc(F)c(-c2ccc(OC(F)(F)F)cc2)c1)C(=O)c1cn(C)cn1. The molecule has 0 bridgehead atoms. The van der Waals surface area contributed by atoms with Gasteiger partial charge in [-0.3, -0.25) is 4.79 Å². The van der Waals surface area contributed by atoms with Crippen molar-refractivity contribution in [2.75, 3.05) is 6.61 Å². The number of alkyl halides is 3. The average Bonchev–Trinajstić information content (AvgIpc) is 3.18. The second-order valence-electron chi connectivity index (χ2n) is 7.28. The quantitative estimate of drug-likeness (QED) is 0.548. The summed E-state index contributed by atoms with van der Waals surface area (Å²) >= 11 is 0. The van der Waals surface area contributed by atoms with Crippen molar-refractivity contribution in [1.29, 1.82) is 0 Å². The third-order valence-electron chi connectivity index (χ3n) is 4.76. The highest BCUT2D eigenvalue weighted by atomic mass is 19.4. The Kier molecular flexibility index (Phi) is 6.83. The molecule has 1 unspecified atom stereocenters. The molecule has 0 saturated carbocycles. The van der Waals surface area contributed by atoms with E-state index in [9.17, 15) is 27.5 Å². The lowest BCUT2D eigenvalue weighted by Gasteiger charge is -2.27. The maximum absolute atomic E-state index is 14.5. The number of carbonyl (C=O) groups excluding carboxylic acids is 1. The normalized spacial score (nSPS) is 12.5. The standard InChI is InChI=1S/C22H21F4N3O3/c1-14(12-30)29(21(31)20-11-28(2)13-27-20)10-15-3-8-19(23)18(9-15)16-4-6-17(7-5-16)32-22(24,25)26/h3-9,11,13-14,30H,10,12H2,1-2H3. The van der Waals surface area contributed by atoms with Gasteiger partial charge in [-0.1, -0.05) is 18.2 Å². The molecule has 0 spiro atoms. The van der Waals surface area contributed by atoms with Gasteiger partial charge < -0.3 is 19.3 Å². The molecule has 32 heavy (non-hydrogen) atoms. The van der Waals surface area contributed by atoms with Crippen LogP contribution in [0.3, 0.4) is 0 Å². The first-order chi connectivity index (χ1) is 15.1. The third kappa shape index (κ3) is 5.64. The molecule has 1 heterocycles. The van der Waals surface area contributed by atoms with E-state index in [1.807, 2.05) is 0 Å². The molecule has 1 atom stereocenters. The number of aryl methyl sites for hydroxylation is 1. The van der Waals surface area contributed by atoms with E-state index in [2.05, 4.69) is 9.72 Å². The Labute approximate surface area is 181 Å². The van der Waals surface area contributed by atoms with Crippen LogP contribution in [0.4, 0.5) is 17.6 Å². The molecule has 0 fully saturated rings. The zero-order valence-electron chi connectivity index (χ0n) is 17.3. The lowest BCUT2D eigenvalue weighted by Crippen LogP contribution is -2.40. The van der Waals surface area contributed by atoms with Crippen LogP contribution in [0.1, 0.15) is 23.0 Å². The number of nitrogens with zero attached hydrogens (tertiary/aromatic N) is 3. The maximum atomic E-state index is 14.5. The minimum absolute atomic E-state index is 0.0691. The summed E-state index contributed by atoms with van der Waals surface area (Å²) in [4.78, 5) is 18.4. The summed E-state index contributed by atoms with van der Waals surface area (Å²) in [5.74, 6) is -1.38. The van der Waals surface area contributed by atoms with Gasteiger partial charge in [0.2, 0.25) is 0 Å². The number of aliphatic hydroxyl groups is 1. The van der Waals surface area contributed by atoms with Crippen LogP contribution in [0.2, 0.25) is 0 Å². The highest BCUT2D eigenvalue weighted by Gasteiger charge is 2.31. The predicted molar refractivity (Wildman–Crippen MR) is 108 cm³/mol. The third-order valence-corrected chi connectivity index (χ3v) is 4.76. The second kappa shape index (κ2) is 9.39. The van der Waals surface area contributed by atoms with Gasteiger partial charge in [-0.15, -0.1) is 13.2 Å². The Morgan fingerprint density at radius 2 is 1.91 bits per heavy atom. The van der Waals surface area contributed by atoms with Gasteiger partial charge in [-0.2, -0.15) is 0 Å². The number of carbonyl (C=O) groups is 1. The average molecular weight is 451 g/mol. The number of amides is 1. The second-order valence-corrected chi connectivity index (χ2v) is 7.28. The summed E-state index contributed by atoms with van der Waals surface area (Å²) < 4.78 is 57.0. The van der Waals surface area contributed by atoms with Crippen LogP contribution in [0.25, 0.3) is 11.1 Å². The van der Waals surface area contributed by atoms with Gasteiger partial charge in [0.15, 0.2) is 0 Å². The molecule has 6 nitrogen and oxygen atoms in total. The number of aliphatic hydroxyl groups excluding tert-OH is 1. The number of rotatable bonds is 7. The molecule has 0 aliphatic carbocycles. The van der Waals surface area contributed by atoms with Crippen molar-refractivity contribution in [2.24, 2.45) is 7.05 Å². The number of ether oxygens (including phenoxy) is 1. The highest BCUT2D eigenvalue weighted by molar-refractivity contribution is 5.92. The van der Waals surface area contributed by atoms with Crippen LogP contribution in [0, 0.1) is 5.82 Å². The van der Waals surface area contributed by atoms with Crippen molar-refractivity contribution in [2.45, 2.75) is 25.9 Å². The van der Waals surface area contributed by atoms with Crippen molar-refractivity contribution in [3.8, 4) is 16.9 Å². The van der Waals surface area contributed by atoms with E-state index >= 15 is 0 Å². The number of halogens is 4. The van der Waals surface area contributed by atoms with Crippen LogP contribution < -0.4 is 4.74 Å². The highest BCUT2D eigenvalue weighted by Crippen LogP contribution is 2.29. The lowest BCUT2D eigenvalue weighted by molar-refractivity contribution is -0.274. The first-order valence-electron chi connectivity index (χ1n) is 9.62. The van der Waals surface area contributed by atoms with Crippen LogP contribution in [-0.2, 0) is 13.6 Å². The van der Waals surface area contributed by atoms with Crippen LogP contribution in [-0.4, -0.2) is 44.5 Å². The zero-order chi connectivity index (χ0) is 23.5. The molecule has 0 aliphatic rings. The molecule has 3 rings (SSSR count). The fourth-order valence-electron chi connectivity index (χ4n) is 3.12. The molecule has 0 aliphatic heterocycles. The summed E-state index contributed by atoms with van der Waals surface area (Å²) in [6.07, 6.45) is -1.78. The Morgan fingerprint density at radius 3 is 2.47 bits per heavy atom. The van der Waals surface area contributed by atoms with Crippen LogP contribution in [0.15, 0.2) is 55.0 Å². The van der Waals surface area contributed by atoms with E-state index in [0.29, 0.717) is 11.1 Å². The minimum atomic E-state index is -4.82. The minimum Gasteiger partial charge on any atom is -0.406 e. The van der Waals surface area contributed by atoms with Crippen molar-refractivity contribution in [1.82, 2.24) is 14.5 Å². The molecule has 0 radical (unpaired) electrons. The maximum Gasteiger partial charge on any atom is 0.573 e. The molecule has 10 heteroatoms. The van der Waals surface area contributed by atoms with Crippen molar-refractivity contribution >= 4 is 5.91 Å². The van der Waals surface area contributed by atoms with Gasteiger partial charge >= 0.3 is 6.36 Å². The predicted octanol–water partition coefficient (Wildman–Crippen LogP) is 4.15.